The standard InChI is InChI=1S/C13H15FINO2/c14-8-5-6-9(10(15)7-8)13(18)16-11-3-1-2-4-12(11)17/h5-7,11-12,17H,1-4H2,(H,16,18)/t11-,12-/m0/s1. The van der Waals surface area contributed by atoms with Gasteiger partial charge in [0.25, 0.3) is 5.91 Å². The predicted molar refractivity (Wildman–Crippen MR) is 74.8 cm³/mol. The van der Waals surface area contributed by atoms with Crippen LogP contribution in [0.3, 0.4) is 0 Å². The summed E-state index contributed by atoms with van der Waals surface area (Å²) >= 11 is 1.94. The number of rotatable bonds is 2. The lowest BCUT2D eigenvalue weighted by atomic mass is 9.92. The summed E-state index contributed by atoms with van der Waals surface area (Å²) in [4.78, 5) is 12.0. The smallest absolute Gasteiger partial charge is 0.252 e. The van der Waals surface area contributed by atoms with E-state index in [0.29, 0.717) is 9.13 Å². The number of aliphatic hydroxyl groups is 1. The van der Waals surface area contributed by atoms with Crippen LogP contribution in [0.4, 0.5) is 4.39 Å². The molecule has 18 heavy (non-hydrogen) atoms. The monoisotopic (exact) mass is 363 g/mol. The molecule has 5 heteroatoms. The number of hydrogen-bond acceptors (Lipinski definition) is 2. The molecule has 2 atom stereocenters. The Morgan fingerprint density at radius 3 is 2.78 bits per heavy atom. The van der Waals surface area contributed by atoms with E-state index in [9.17, 15) is 14.3 Å². The molecule has 0 bridgehead atoms. The van der Waals surface area contributed by atoms with Crippen LogP contribution in [-0.2, 0) is 0 Å². The third-order valence-electron chi connectivity index (χ3n) is 3.22. The van der Waals surface area contributed by atoms with Gasteiger partial charge in [-0.15, -0.1) is 0 Å². The summed E-state index contributed by atoms with van der Waals surface area (Å²) in [6, 6.07) is 3.88. The zero-order valence-electron chi connectivity index (χ0n) is 9.83. The van der Waals surface area contributed by atoms with E-state index in [2.05, 4.69) is 5.32 Å². The summed E-state index contributed by atoms with van der Waals surface area (Å²) < 4.78 is 13.5. The molecular formula is C13H15FINO2. The van der Waals surface area contributed by atoms with Gasteiger partial charge in [0, 0.05) is 3.57 Å². The van der Waals surface area contributed by atoms with E-state index in [0.717, 1.165) is 25.7 Å². The highest BCUT2D eigenvalue weighted by atomic mass is 127. The van der Waals surface area contributed by atoms with Crippen molar-refractivity contribution in [3.05, 3.63) is 33.1 Å². The van der Waals surface area contributed by atoms with E-state index in [1.807, 2.05) is 22.6 Å². The minimum atomic E-state index is -0.471. The summed E-state index contributed by atoms with van der Waals surface area (Å²) in [6.45, 7) is 0. The molecule has 3 nitrogen and oxygen atoms in total. The number of hydrogen-bond donors (Lipinski definition) is 2. The van der Waals surface area contributed by atoms with Crippen LogP contribution in [-0.4, -0.2) is 23.2 Å². The van der Waals surface area contributed by atoms with Gasteiger partial charge >= 0.3 is 0 Å². The third kappa shape index (κ3) is 3.20. The Bertz CT molecular complexity index is 453. The van der Waals surface area contributed by atoms with Crippen molar-refractivity contribution in [1.29, 1.82) is 0 Å². The molecule has 1 amide bonds. The van der Waals surface area contributed by atoms with Gasteiger partial charge in [-0.25, -0.2) is 4.39 Å². The number of nitrogens with one attached hydrogen (secondary N) is 1. The van der Waals surface area contributed by atoms with E-state index in [4.69, 9.17) is 0 Å². The quantitative estimate of drug-likeness (QED) is 0.794. The first-order chi connectivity index (χ1) is 8.58. The number of benzene rings is 1. The van der Waals surface area contributed by atoms with E-state index < -0.39 is 6.10 Å². The second-order valence-corrected chi connectivity index (χ2v) is 5.72. The Hall–Kier alpha value is -0.690. The Morgan fingerprint density at radius 1 is 1.39 bits per heavy atom. The summed E-state index contributed by atoms with van der Waals surface area (Å²) in [5.74, 6) is -0.598. The molecular weight excluding hydrogens is 348 g/mol. The lowest BCUT2D eigenvalue weighted by Crippen LogP contribution is -2.45. The largest absolute Gasteiger partial charge is 0.391 e. The average molecular weight is 363 g/mol. The van der Waals surface area contributed by atoms with Crippen LogP contribution in [0, 0.1) is 9.39 Å². The zero-order valence-corrected chi connectivity index (χ0v) is 12.0. The number of amides is 1. The van der Waals surface area contributed by atoms with Gasteiger partial charge in [-0.05, 0) is 53.6 Å². The second kappa shape index (κ2) is 5.97. The highest BCUT2D eigenvalue weighted by Crippen LogP contribution is 2.20. The molecule has 1 aliphatic rings. The van der Waals surface area contributed by atoms with Gasteiger partial charge in [0.15, 0.2) is 0 Å². The van der Waals surface area contributed by atoms with Crippen LogP contribution in [0.5, 0.6) is 0 Å². The van der Waals surface area contributed by atoms with Crippen molar-refractivity contribution in [2.75, 3.05) is 0 Å². The molecule has 0 aromatic heterocycles. The molecule has 0 aliphatic heterocycles. The van der Waals surface area contributed by atoms with Crippen molar-refractivity contribution < 1.29 is 14.3 Å². The van der Waals surface area contributed by atoms with Gasteiger partial charge < -0.3 is 10.4 Å². The lowest BCUT2D eigenvalue weighted by Gasteiger charge is -2.28. The van der Waals surface area contributed by atoms with Crippen molar-refractivity contribution in [2.45, 2.75) is 37.8 Å². The molecule has 1 aromatic rings. The number of aliphatic hydroxyl groups excluding tert-OH is 1. The molecule has 2 N–H and O–H groups in total. The normalized spacial score (nSPS) is 23.7. The topological polar surface area (TPSA) is 49.3 Å². The van der Waals surface area contributed by atoms with E-state index in [1.165, 1.54) is 18.2 Å². The maximum Gasteiger partial charge on any atom is 0.252 e. The molecule has 0 heterocycles. The molecule has 0 radical (unpaired) electrons. The number of halogens is 2. The highest BCUT2D eigenvalue weighted by Gasteiger charge is 2.25. The summed E-state index contributed by atoms with van der Waals surface area (Å²) in [5.41, 5.74) is 0.453. The van der Waals surface area contributed by atoms with Crippen LogP contribution < -0.4 is 5.32 Å². The zero-order chi connectivity index (χ0) is 13.1. The predicted octanol–water partition coefficient (Wildman–Crippen LogP) is 2.46. The number of carbonyl (C=O) groups excluding carboxylic acids is 1. The lowest BCUT2D eigenvalue weighted by molar-refractivity contribution is 0.0716. The summed E-state index contributed by atoms with van der Waals surface area (Å²) in [7, 11) is 0. The molecule has 1 aromatic carbocycles. The van der Waals surface area contributed by atoms with Crippen molar-refractivity contribution in [3.8, 4) is 0 Å². The summed E-state index contributed by atoms with van der Waals surface area (Å²) in [5, 5.41) is 12.6. The first-order valence-electron chi connectivity index (χ1n) is 6.02. The first-order valence-corrected chi connectivity index (χ1v) is 7.10. The van der Waals surface area contributed by atoms with E-state index >= 15 is 0 Å². The fraction of sp³-hybridized carbons (Fsp3) is 0.462. The maximum atomic E-state index is 13.0. The van der Waals surface area contributed by atoms with Gasteiger partial charge in [-0.3, -0.25) is 4.79 Å². The maximum absolute atomic E-state index is 13.0. The molecule has 1 saturated carbocycles. The second-order valence-electron chi connectivity index (χ2n) is 4.56. The van der Waals surface area contributed by atoms with Crippen LogP contribution >= 0.6 is 22.6 Å². The van der Waals surface area contributed by atoms with E-state index in [-0.39, 0.29) is 17.8 Å². The van der Waals surface area contributed by atoms with Crippen molar-refractivity contribution in [1.82, 2.24) is 5.32 Å². The molecule has 1 fully saturated rings. The van der Waals surface area contributed by atoms with Gasteiger partial charge in [-0.2, -0.15) is 0 Å². The van der Waals surface area contributed by atoms with Gasteiger partial charge in [0.05, 0.1) is 17.7 Å². The molecule has 0 spiro atoms. The molecule has 0 saturated heterocycles. The average Bonchev–Trinajstić information content (AvgIpc) is 2.32. The van der Waals surface area contributed by atoms with Crippen LogP contribution in [0.25, 0.3) is 0 Å². The first kappa shape index (κ1) is 13.7. The Labute approximate surface area is 119 Å². The Kier molecular flexibility index (Phi) is 4.55. The van der Waals surface area contributed by atoms with Crippen molar-refractivity contribution in [2.24, 2.45) is 0 Å². The van der Waals surface area contributed by atoms with Gasteiger partial charge in [0.2, 0.25) is 0 Å². The van der Waals surface area contributed by atoms with Crippen molar-refractivity contribution >= 4 is 28.5 Å². The molecule has 98 valence electrons. The molecule has 2 rings (SSSR count). The third-order valence-corrected chi connectivity index (χ3v) is 4.11. The summed E-state index contributed by atoms with van der Waals surface area (Å²) in [6.07, 6.45) is 3.07. The molecule has 0 unspecified atom stereocenters. The SMILES string of the molecule is O=C(N[C@H]1CCCC[C@@H]1O)c1ccc(F)cc1I. The van der Waals surface area contributed by atoms with Crippen molar-refractivity contribution in [3.63, 3.8) is 0 Å². The molecule has 1 aliphatic carbocycles. The minimum absolute atomic E-state index is 0.188. The fourth-order valence-electron chi connectivity index (χ4n) is 2.20. The van der Waals surface area contributed by atoms with Crippen LogP contribution in [0.2, 0.25) is 0 Å². The van der Waals surface area contributed by atoms with Gasteiger partial charge in [0.1, 0.15) is 5.82 Å². The minimum Gasteiger partial charge on any atom is -0.391 e. The van der Waals surface area contributed by atoms with Crippen LogP contribution in [0.15, 0.2) is 18.2 Å². The van der Waals surface area contributed by atoms with E-state index in [1.54, 1.807) is 0 Å². The van der Waals surface area contributed by atoms with Crippen LogP contribution in [0.1, 0.15) is 36.0 Å². The Balaban J connectivity index is 2.07. The Morgan fingerprint density at radius 2 is 2.11 bits per heavy atom. The van der Waals surface area contributed by atoms with Gasteiger partial charge in [-0.1, -0.05) is 12.8 Å². The highest BCUT2D eigenvalue weighted by molar-refractivity contribution is 14.1. The fourth-order valence-corrected chi connectivity index (χ4v) is 2.92. The number of carbonyl (C=O) groups is 1.